The molecule has 1 aromatic rings. The van der Waals surface area contributed by atoms with Crippen molar-refractivity contribution >= 4 is 5.91 Å². The van der Waals surface area contributed by atoms with Gasteiger partial charge in [-0.1, -0.05) is 39.0 Å². The fraction of sp³-hybridized carbons (Fsp3) is 0.538. The van der Waals surface area contributed by atoms with E-state index in [9.17, 15) is 9.18 Å². The summed E-state index contributed by atoms with van der Waals surface area (Å²) in [6, 6.07) is 2.34. The molecule has 0 unspecified atom stereocenters. The number of rotatable bonds is 1. The summed E-state index contributed by atoms with van der Waals surface area (Å²) in [7, 11) is 0. The van der Waals surface area contributed by atoms with E-state index in [1.54, 1.807) is 0 Å². The third-order valence-electron chi connectivity index (χ3n) is 2.90. The third-order valence-corrected chi connectivity index (χ3v) is 2.90. The van der Waals surface area contributed by atoms with E-state index in [2.05, 4.69) is 11.9 Å². The molecule has 0 radical (unpaired) electrons. The van der Waals surface area contributed by atoms with E-state index in [0.717, 1.165) is 12.0 Å². The lowest BCUT2D eigenvalue weighted by atomic mass is 9.91. The molecule has 1 aromatic heterocycles. The molecule has 0 saturated heterocycles. The van der Waals surface area contributed by atoms with Crippen molar-refractivity contribution in [2.45, 2.75) is 39.0 Å². The molecule has 1 fully saturated rings. The normalized spacial score (nSPS) is 15.9. The molecule has 1 saturated carbocycles. The quantitative estimate of drug-likeness (QED) is 0.765. The first kappa shape index (κ1) is 13.6. The van der Waals surface area contributed by atoms with Crippen molar-refractivity contribution < 1.29 is 9.18 Å². The summed E-state index contributed by atoms with van der Waals surface area (Å²) < 4.78 is 12.2. The van der Waals surface area contributed by atoms with Gasteiger partial charge in [0, 0.05) is 17.8 Å². The molecule has 0 spiro atoms. The van der Waals surface area contributed by atoms with E-state index in [0.29, 0.717) is 0 Å². The van der Waals surface area contributed by atoms with Crippen LogP contribution in [0.25, 0.3) is 0 Å². The van der Waals surface area contributed by atoms with Gasteiger partial charge in [-0.15, -0.1) is 0 Å². The zero-order chi connectivity index (χ0) is 12.7. The van der Waals surface area contributed by atoms with Crippen LogP contribution in [-0.2, 0) is 0 Å². The maximum absolute atomic E-state index is 12.2. The van der Waals surface area contributed by atoms with Gasteiger partial charge < -0.3 is 5.73 Å². The highest BCUT2D eigenvalue weighted by atomic mass is 19.1. The second kappa shape index (κ2) is 6.99. The highest BCUT2D eigenvalue weighted by Gasteiger charge is 2.05. The highest BCUT2D eigenvalue weighted by molar-refractivity contribution is 5.92. The van der Waals surface area contributed by atoms with Gasteiger partial charge in [-0.2, -0.15) is 4.39 Å². The number of carbonyl (C=O) groups is 1. The number of hydrogen-bond donors (Lipinski definition) is 1. The lowest BCUT2D eigenvalue weighted by molar-refractivity contribution is 0.0999. The standard InChI is InChI=1S/C7H14.C6H5FN2O/c1-7-5-3-2-4-6-7;7-5-3-4(6(8)10)1-2-9-5/h7H,2-6H2,1H3;1-3H,(H2,8,10). The smallest absolute Gasteiger partial charge is 0.248 e. The van der Waals surface area contributed by atoms with Gasteiger partial charge in [-0.05, 0) is 12.0 Å². The Morgan fingerprint density at radius 3 is 2.41 bits per heavy atom. The van der Waals surface area contributed by atoms with E-state index >= 15 is 0 Å². The molecule has 0 aliphatic heterocycles. The molecule has 4 heteroatoms. The summed E-state index contributed by atoms with van der Waals surface area (Å²) in [5.74, 6) is -0.314. The highest BCUT2D eigenvalue weighted by Crippen LogP contribution is 2.22. The molecule has 1 heterocycles. The van der Waals surface area contributed by atoms with Gasteiger partial charge in [-0.25, -0.2) is 4.98 Å². The van der Waals surface area contributed by atoms with Gasteiger partial charge in [-0.3, -0.25) is 4.79 Å². The maximum Gasteiger partial charge on any atom is 0.248 e. The van der Waals surface area contributed by atoms with Crippen LogP contribution in [0, 0.1) is 11.9 Å². The van der Waals surface area contributed by atoms with Crippen molar-refractivity contribution in [1.82, 2.24) is 4.98 Å². The average molecular weight is 238 g/mol. The van der Waals surface area contributed by atoms with Crippen LogP contribution in [0.4, 0.5) is 4.39 Å². The number of hydrogen-bond acceptors (Lipinski definition) is 2. The second-order valence-corrected chi connectivity index (χ2v) is 4.47. The number of nitrogens with zero attached hydrogens (tertiary/aromatic N) is 1. The van der Waals surface area contributed by atoms with Crippen molar-refractivity contribution in [2.75, 3.05) is 0 Å². The maximum atomic E-state index is 12.2. The van der Waals surface area contributed by atoms with E-state index < -0.39 is 11.9 Å². The van der Waals surface area contributed by atoms with Gasteiger partial charge in [0.25, 0.3) is 0 Å². The van der Waals surface area contributed by atoms with Crippen molar-refractivity contribution in [1.29, 1.82) is 0 Å². The van der Waals surface area contributed by atoms with Crippen LogP contribution in [0.15, 0.2) is 18.3 Å². The number of carbonyl (C=O) groups excluding carboxylic acids is 1. The topological polar surface area (TPSA) is 56.0 Å². The third kappa shape index (κ3) is 5.43. The Hall–Kier alpha value is -1.45. The molecule has 17 heavy (non-hydrogen) atoms. The Morgan fingerprint density at radius 1 is 1.41 bits per heavy atom. The number of primary amides is 1. The summed E-state index contributed by atoms with van der Waals surface area (Å²) in [5, 5.41) is 0. The zero-order valence-corrected chi connectivity index (χ0v) is 10.2. The molecule has 0 atom stereocenters. The summed E-state index contributed by atoms with van der Waals surface area (Å²) >= 11 is 0. The Kier molecular flexibility index (Phi) is 5.60. The Labute approximate surface area is 101 Å². The minimum atomic E-state index is -0.698. The first-order valence-corrected chi connectivity index (χ1v) is 6.01. The van der Waals surface area contributed by atoms with Gasteiger partial charge >= 0.3 is 0 Å². The van der Waals surface area contributed by atoms with Crippen LogP contribution in [0.3, 0.4) is 0 Å². The van der Waals surface area contributed by atoms with Crippen LogP contribution in [0.1, 0.15) is 49.4 Å². The molecule has 0 aromatic carbocycles. The van der Waals surface area contributed by atoms with Gasteiger partial charge in [0.15, 0.2) is 0 Å². The van der Waals surface area contributed by atoms with Crippen LogP contribution in [0.2, 0.25) is 0 Å². The van der Waals surface area contributed by atoms with Crippen molar-refractivity contribution in [3.63, 3.8) is 0 Å². The predicted octanol–water partition coefficient (Wildman–Crippen LogP) is 2.91. The molecule has 94 valence electrons. The SMILES string of the molecule is CC1CCCCC1.NC(=O)c1ccnc(F)c1. The zero-order valence-electron chi connectivity index (χ0n) is 10.2. The first-order valence-electron chi connectivity index (χ1n) is 6.01. The summed E-state index contributed by atoms with van der Waals surface area (Å²) in [6.07, 6.45) is 8.63. The van der Waals surface area contributed by atoms with Crippen LogP contribution >= 0.6 is 0 Å². The lowest BCUT2D eigenvalue weighted by Gasteiger charge is -2.15. The molecule has 1 amide bonds. The minimum Gasteiger partial charge on any atom is -0.366 e. The van der Waals surface area contributed by atoms with Crippen LogP contribution in [0.5, 0.6) is 0 Å². The van der Waals surface area contributed by atoms with E-state index in [4.69, 9.17) is 5.73 Å². The molecular weight excluding hydrogens is 219 g/mol. The Balaban J connectivity index is 0.000000181. The molecular formula is C13H19FN2O. The molecule has 3 nitrogen and oxygen atoms in total. The molecule has 2 N–H and O–H groups in total. The Bertz CT molecular complexity index is 362. The van der Waals surface area contributed by atoms with Crippen molar-refractivity contribution in [2.24, 2.45) is 11.7 Å². The van der Waals surface area contributed by atoms with Crippen LogP contribution < -0.4 is 5.73 Å². The predicted molar refractivity (Wildman–Crippen MR) is 65.0 cm³/mol. The minimum absolute atomic E-state index is 0.132. The Morgan fingerprint density at radius 2 is 2.06 bits per heavy atom. The molecule has 1 aliphatic rings. The molecule has 2 rings (SSSR count). The monoisotopic (exact) mass is 238 g/mol. The number of pyridine rings is 1. The lowest BCUT2D eigenvalue weighted by Crippen LogP contribution is -2.11. The number of amides is 1. The fourth-order valence-corrected chi connectivity index (χ4v) is 1.86. The van der Waals surface area contributed by atoms with Crippen molar-refractivity contribution in [3.05, 3.63) is 29.8 Å². The largest absolute Gasteiger partial charge is 0.366 e. The fourth-order valence-electron chi connectivity index (χ4n) is 1.86. The van der Waals surface area contributed by atoms with Gasteiger partial charge in [0.05, 0.1) is 0 Å². The average Bonchev–Trinajstić information content (AvgIpc) is 2.31. The first-order chi connectivity index (χ1) is 8.09. The molecule has 1 aliphatic carbocycles. The summed E-state index contributed by atoms with van der Waals surface area (Å²) in [5.41, 5.74) is 4.98. The van der Waals surface area contributed by atoms with E-state index in [1.807, 2.05) is 0 Å². The summed E-state index contributed by atoms with van der Waals surface area (Å²) in [6.45, 7) is 2.36. The second-order valence-electron chi connectivity index (χ2n) is 4.47. The van der Waals surface area contributed by atoms with Gasteiger partial charge in [0.2, 0.25) is 11.9 Å². The van der Waals surface area contributed by atoms with Gasteiger partial charge in [0.1, 0.15) is 0 Å². The number of halogens is 1. The van der Waals surface area contributed by atoms with Crippen LogP contribution in [-0.4, -0.2) is 10.9 Å². The van der Waals surface area contributed by atoms with E-state index in [-0.39, 0.29) is 5.56 Å². The summed E-state index contributed by atoms with van der Waals surface area (Å²) in [4.78, 5) is 13.6. The number of aromatic nitrogens is 1. The number of nitrogens with two attached hydrogens (primary N) is 1. The molecule has 0 bridgehead atoms. The van der Waals surface area contributed by atoms with E-state index in [1.165, 1.54) is 44.4 Å². The van der Waals surface area contributed by atoms with Crippen molar-refractivity contribution in [3.8, 4) is 0 Å².